The number of aryl methyl sites for hydroxylation is 1. The first-order chi connectivity index (χ1) is 14.9. The Labute approximate surface area is 176 Å². The zero-order chi connectivity index (χ0) is 21.7. The van der Waals surface area contributed by atoms with Crippen LogP contribution in [0.1, 0.15) is 53.4 Å². The molecule has 0 bridgehead atoms. The van der Waals surface area contributed by atoms with Gasteiger partial charge in [0.05, 0.1) is 17.5 Å². The van der Waals surface area contributed by atoms with Crippen LogP contribution < -0.4 is 9.47 Å². The highest BCUT2D eigenvalue weighted by molar-refractivity contribution is 6.24. The minimum atomic E-state index is -0.694. The van der Waals surface area contributed by atoms with E-state index in [-0.39, 0.29) is 29.1 Å². The van der Waals surface area contributed by atoms with Gasteiger partial charge in [0.25, 0.3) is 0 Å². The van der Waals surface area contributed by atoms with Crippen molar-refractivity contribution in [3.05, 3.63) is 82.4 Å². The fourth-order valence-corrected chi connectivity index (χ4v) is 3.59. The molecule has 31 heavy (non-hydrogen) atoms. The molecule has 0 saturated carbocycles. The van der Waals surface area contributed by atoms with E-state index in [2.05, 4.69) is 4.74 Å². The Kier molecular flexibility index (Phi) is 4.18. The third kappa shape index (κ3) is 3.26. The molecular formula is C24H14O7. The van der Waals surface area contributed by atoms with Gasteiger partial charge in [-0.1, -0.05) is 0 Å². The maximum Gasteiger partial charge on any atom is 0.347 e. The van der Waals surface area contributed by atoms with Crippen molar-refractivity contribution in [1.29, 1.82) is 0 Å². The van der Waals surface area contributed by atoms with Crippen LogP contribution in [0, 0.1) is 6.92 Å². The van der Waals surface area contributed by atoms with Gasteiger partial charge in [-0.2, -0.15) is 0 Å². The molecule has 7 nitrogen and oxygen atoms in total. The number of benzene rings is 3. The van der Waals surface area contributed by atoms with Gasteiger partial charge in [-0.3, -0.25) is 9.59 Å². The zero-order valence-corrected chi connectivity index (χ0v) is 16.3. The van der Waals surface area contributed by atoms with Gasteiger partial charge < -0.3 is 14.2 Å². The number of carbonyl (C=O) groups excluding carboxylic acids is 4. The van der Waals surface area contributed by atoms with Gasteiger partial charge in [0, 0.05) is 11.1 Å². The first-order valence-electron chi connectivity index (χ1n) is 9.46. The summed E-state index contributed by atoms with van der Waals surface area (Å²) in [6, 6.07) is 14.6. The van der Waals surface area contributed by atoms with Crippen LogP contribution in [0.15, 0.2) is 54.6 Å². The molecule has 152 valence electrons. The van der Waals surface area contributed by atoms with Crippen LogP contribution in [-0.4, -0.2) is 23.5 Å². The molecule has 0 N–H and O–H groups in total. The number of hydrogen-bond donors (Lipinski definition) is 0. The van der Waals surface area contributed by atoms with Crippen molar-refractivity contribution in [3.63, 3.8) is 0 Å². The second kappa shape index (κ2) is 6.91. The Morgan fingerprint density at radius 3 is 2.00 bits per heavy atom. The van der Waals surface area contributed by atoms with Crippen LogP contribution in [0.5, 0.6) is 23.0 Å². The monoisotopic (exact) mass is 414 g/mol. The van der Waals surface area contributed by atoms with E-state index in [1.54, 1.807) is 42.5 Å². The highest BCUT2D eigenvalue weighted by Crippen LogP contribution is 2.34. The van der Waals surface area contributed by atoms with E-state index in [0.29, 0.717) is 34.1 Å². The fraction of sp³-hybridized carbons (Fsp3) is 0.0833. The Morgan fingerprint density at radius 2 is 1.23 bits per heavy atom. The van der Waals surface area contributed by atoms with Gasteiger partial charge in [-0.15, -0.1) is 0 Å². The fourth-order valence-electron chi connectivity index (χ4n) is 3.59. The molecule has 0 saturated heterocycles. The highest BCUT2D eigenvalue weighted by Gasteiger charge is 2.30. The summed E-state index contributed by atoms with van der Waals surface area (Å²) < 4.78 is 16.3. The quantitative estimate of drug-likeness (QED) is 0.452. The Hall–Kier alpha value is -4.26. The highest BCUT2D eigenvalue weighted by atomic mass is 16.6. The predicted molar refractivity (Wildman–Crippen MR) is 107 cm³/mol. The second-order valence-corrected chi connectivity index (χ2v) is 7.25. The van der Waals surface area contributed by atoms with Crippen LogP contribution in [0.2, 0.25) is 0 Å². The van der Waals surface area contributed by atoms with Gasteiger partial charge in [0.15, 0.2) is 11.6 Å². The van der Waals surface area contributed by atoms with Crippen molar-refractivity contribution >= 4 is 23.5 Å². The molecule has 0 spiro atoms. The van der Waals surface area contributed by atoms with E-state index in [1.165, 1.54) is 12.1 Å². The number of rotatable bonds is 4. The van der Waals surface area contributed by atoms with Crippen LogP contribution >= 0.6 is 0 Å². The maximum absolute atomic E-state index is 11.9. The summed E-state index contributed by atoms with van der Waals surface area (Å²) in [5.41, 5.74) is 1.96. The molecule has 0 aromatic heterocycles. The number of cyclic esters (lactones) is 2. The Bertz CT molecular complexity index is 1320. The summed E-state index contributed by atoms with van der Waals surface area (Å²) >= 11 is 0. The van der Waals surface area contributed by atoms with E-state index >= 15 is 0 Å². The van der Waals surface area contributed by atoms with E-state index in [9.17, 15) is 19.2 Å². The molecule has 0 radical (unpaired) electrons. The first-order valence-corrected chi connectivity index (χ1v) is 9.46. The summed E-state index contributed by atoms with van der Waals surface area (Å²) in [6.45, 7) is 1.83. The molecule has 2 aliphatic rings. The molecule has 0 amide bonds. The predicted octanol–water partition coefficient (Wildman–Crippen LogP) is 4.66. The summed E-state index contributed by atoms with van der Waals surface area (Å²) in [5, 5.41) is 0. The average molecular weight is 414 g/mol. The second-order valence-electron chi connectivity index (χ2n) is 7.25. The van der Waals surface area contributed by atoms with Crippen LogP contribution in [0.3, 0.4) is 0 Å². The van der Waals surface area contributed by atoms with Gasteiger partial charge in [-0.05, 0) is 67.1 Å². The first kappa shape index (κ1) is 18.7. The molecule has 3 aromatic rings. The summed E-state index contributed by atoms with van der Waals surface area (Å²) in [5.74, 6) is 0.186. The molecule has 0 atom stereocenters. The van der Waals surface area contributed by atoms with Gasteiger partial charge in [0.1, 0.15) is 23.0 Å². The van der Waals surface area contributed by atoms with Crippen molar-refractivity contribution in [2.75, 3.05) is 0 Å². The molecular weight excluding hydrogens is 400 g/mol. The lowest BCUT2D eigenvalue weighted by molar-refractivity contribution is 0.0443. The lowest BCUT2D eigenvalue weighted by Crippen LogP contribution is -1.97. The topological polar surface area (TPSA) is 96.0 Å². The van der Waals surface area contributed by atoms with E-state index in [1.807, 2.05) is 6.92 Å². The minimum absolute atomic E-state index is 0.0987. The molecule has 1 aliphatic carbocycles. The van der Waals surface area contributed by atoms with Crippen LogP contribution in [0.4, 0.5) is 0 Å². The van der Waals surface area contributed by atoms with E-state index in [4.69, 9.17) is 9.47 Å². The molecule has 0 fully saturated rings. The number of esters is 2. The average Bonchev–Trinajstić information content (AvgIpc) is 3.18. The number of Topliss-reactive ketones (excluding diaryl/α,β-unsaturated/α-hetero) is 2. The molecule has 5 rings (SSSR count). The third-order valence-electron chi connectivity index (χ3n) is 5.14. The lowest BCUT2D eigenvalue weighted by Gasteiger charge is -2.12. The Morgan fingerprint density at radius 1 is 0.645 bits per heavy atom. The normalized spacial score (nSPS) is 14.4. The van der Waals surface area contributed by atoms with E-state index < -0.39 is 11.9 Å². The SMILES string of the molecule is Cc1cc(Oc2ccc3c(c2)C(=O)CC3=O)ccc1Oc1ccc2c(c1)C(=O)OC2=O. The van der Waals surface area contributed by atoms with Crippen LogP contribution in [-0.2, 0) is 4.74 Å². The third-order valence-corrected chi connectivity index (χ3v) is 5.14. The lowest BCUT2D eigenvalue weighted by atomic mass is 10.1. The Balaban J connectivity index is 1.35. The largest absolute Gasteiger partial charge is 0.457 e. The molecule has 0 unspecified atom stereocenters. The number of ether oxygens (including phenoxy) is 3. The van der Waals surface area contributed by atoms with Gasteiger partial charge in [-0.25, -0.2) is 9.59 Å². The number of hydrogen-bond acceptors (Lipinski definition) is 7. The van der Waals surface area contributed by atoms with Crippen molar-refractivity contribution < 1.29 is 33.4 Å². The maximum atomic E-state index is 11.9. The van der Waals surface area contributed by atoms with E-state index in [0.717, 1.165) is 5.56 Å². The number of fused-ring (bicyclic) bond motifs is 2. The van der Waals surface area contributed by atoms with Gasteiger partial charge in [0.2, 0.25) is 0 Å². The summed E-state index contributed by atoms with van der Waals surface area (Å²) in [4.78, 5) is 46.9. The minimum Gasteiger partial charge on any atom is -0.457 e. The van der Waals surface area contributed by atoms with Crippen molar-refractivity contribution in [2.45, 2.75) is 13.3 Å². The van der Waals surface area contributed by atoms with Crippen LogP contribution in [0.25, 0.3) is 0 Å². The summed E-state index contributed by atoms with van der Waals surface area (Å²) in [6.07, 6.45) is -0.0987. The molecule has 7 heteroatoms. The molecule has 1 aliphatic heterocycles. The smallest absolute Gasteiger partial charge is 0.347 e. The van der Waals surface area contributed by atoms with Crippen molar-refractivity contribution in [2.24, 2.45) is 0 Å². The number of ketones is 2. The number of carbonyl (C=O) groups is 4. The van der Waals surface area contributed by atoms with Crippen molar-refractivity contribution in [1.82, 2.24) is 0 Å². The zero-order valence-electron chi connectivity index (χ0n) is 16.3. The van der Waals surface area contributed by atoms with Gasteiger partial charge >= 0.3 is 11.9 Å². The summed E-state index contributed by atoms with van der Waals surface area (Å²) in [7, 11) is 0. The molecule has 1 heterocycles. The van der Waals surface area contributed by atoms with Crippen molar-refractivity contribution in [3.8, 4) is 23.0 Å². The molecule has 3 aromatic carbocycles. The standard InChI is InChI=1S/C24H14O7/c1-12-8-13(29-14-2-5-16-18(9-14)21(26)11-20(16)25)4-7-22(12)30-15-3-6-17-19(10-15)24(28)31-23(17)27/h2-10H,11H2,1H3.